The second-order valence-corrected chi connectivity index (χ2v) is 3.11. The highest BCUT2D eigenvalue weighted by Crippen LogP contribution is 2.10. The second-order valence-electron chi connectivity index (χ2n) is 3.11. The number of rotatable bonds is 6. The molecule has 0 radical (unpaired) electrons. The van der Waals surface area contributed by atoms with Crippen LogP contribution < -0.4 is 0 Å². The summed E-state index contributed by atoms with van der Waals surface area (Å²) in [7, 11) is 0. The van der Waals surface area contributed by atoms with Gasteiger partial charge in [0.15, 0.2) is 5.92 Å². The van der Waals surface area contributed by atoms with E-state index >= 15 is 0 Å². The summed E-state index contributed by atoms with van der Waals surface area (Å²) in [5.41, 5.74) is 0. The number of Topliss-reactive ketones (excluding diaryl/α,β-unsaturated/α-hetero) is 1. The molecule has 0 aliphatic carbocycles. The van der Waals surface area contributed by atoms with Gasteiger partial charge in [0.25, 0.3) is 0 Å². The summed E-state index contributed by atoms with van der Waals surface area (Å²) in [5, 5.41) is 8.72. The molecule has 0 bridgehead atoms. The molecule has 0 aliphatic heterocycles. The maximum Gasteiger partial charge on any atom is 0.317 e. The van der Waals surface area contributed by atoms with Gasteiger partial charge in [-0.05, 0) is 13.8 Å². The summed E-state index contributed by atoms with van der Waals surface area (Å²) in [6.45, 7) is 5.86. The molecule has 84 valence electrons. The van der Waals surface area contributed by atoms with Gasteiger partial charge < -0.3 is 9.84 Å². The predicted octanol–water partition coefficient (Wildman–Crippen LogP) is 0.784. The van der Waals surface area contributed by atoms with Gasteiger partial charge in [-0.1, -0.05) is 6.08 Å². The molecule has 0 aliphatic rings. The molecule has 0 heterocycles. The zero-order chi connectivity index (χ0) is 12.0. The van der Waals surface area contributed by atoms with Crippen LogP contribution in [0.2, 0.25) is 0 Å². The molecule has 2 atom stereocenters. The molecular weight excluding hydrogens is 200 g/mol. The monoisotopic (exact) mass is 214 g/mol. The van der Waals surface area contributed by atoms with Crippen LogP contribution in [-0.4, -0.2) is 28.9 Å². The van der Waals surface area contributed by atoms with Crippen LogP contribution in [0.3, 0.4) is 0 Å². The SMILES string of the molecule is C=CCC(=O)OC(C)C(C(C)=O)C(=O)O. The number of carbonyl (C=O) groups excluding carboxylic acids is 2. The van der Waals surface area contributed by atoms with Gasteiger partial charge in [0.1, 0.15) is 11.9 Å². The summed E-state index contributed by atoms with van der Waals surface area (Å²) in [6, 6.07) is 0. The van der Waals surface area contributed by atoms with E-state index in [0.29, 0.717) is 0 Å². The van der Waals surface area contributed by atoms with E-state index < -0.39 is 29.7 Å². The Balaban J connectivity index is 4.45. The first kappa shape index (κ1) is 13.4. The molecule has 0 fully saturated rings. The summed E-state index contributed by atoms with van der Waals surface area (Å²) in [5.74, 6) is -3.73. The Morgan fingerprint density at radius 3 is 2.33 bits per heavy atom. The topological polar surface area (TPSA) is 80.7 Å². The molecule has 0 amide bonds. The Morgan fingerprint density at radius 1 is 1.47 bits per heavy atom. The first-order valence-corrected chi connectivity index (χ1v) is 4.43. The van der Waals surface area contributed by atoms with E-state index in [-0.39, 0.29) is 6.42 Å². The summed E-state index contributed by atoms with van der Waals surface area (Å²) < 4.78 is 4.76. The molecule has 15 heavy (non-hydrogen) atoms. The first-order valence-electron chi connectivity index (χ1n) is 4.43. The highest BCUT2D eigenvalue weighted by Gasteiger charge is 2.31. The van der Waals surface area contributed by atoms with Crippen molar-refractivity contribution in [1.29, 1.82) is 0 Å². The van der Waals surface area contributed by atoms with Crippen molar-refractivity contribution < 1.29 is 24.2 Å². The van der Waals surface area contributed by atoms with Gasteiger partial charge in [0.2, 0.25) is 0 Å². The van der Waals surface area contributed by atoms with Gasteiger partial charge in [0.05, 0.1) is 6.42 Å². The number of carbonyl (C=O) groups is 3. The van der Waals surface area contributed by atoms with Gasteiger partial charge in [-0.25, -0.2) is 0 Å². The average Bonchev–Trinajstić information content (AvgIpc) is 2.01. The molecule has 0 spiro atoms. The fourth-order valence-electron chi connectivity index (χ4n) is 1.15. The number of hydrogen-bond donors (Lipinski definition) is 1. The van der Waals surface area contributed by atoms with Gasteiger partial charge in [-0.15, -0.1) is 6.58 Å². The van der Waals surface area contributed by atoms with Crippen molar-refractivity contribution in [2.24, 2.45) is 5.92 Å². The fraction of sp³-hybridized carbons (Fsp3) is 0.500. The van der Waals surface area contributed by atoms with Crippen LogP contribution >= 0.6 is 0 Å². The Bertz CT molecular complexity index is 268. The van der Waals surface area contributed by atoms with Gasteiger partial charge in [-0.2, -0.15) is 0 Å². The molecule has 0 saturated heterocycles. The van der Waals surface area contributed by atoms with Gasteiger partial charge >= 0.3 is 11.9 Å². The lowest BCUT2D eigenvalue weighted by Crippen LogP contribution is -2.35. The average molecular weight is 214 g/mol. The van der Waals surface area contributed by atoms with E-state index in [1.54, 1.807) is 0 Å². The summed E-state index contributed by atoms with van der Waals surface area (Å²) in [4.78, 5) is 32.7. The van der Waals surface area contributed by atoms with Crippen molar-refractivity contribution in [1.82, 2.24) is 0 Å². The third-order valence-corrected chi connectivity index (χ3v) is 1.80. The Morgan fingerprint density at radius 2 is 2.00 bits per heavy atom. The Hall–Kier alpha value is -1.65. The lowest BCUT2D eigenvalue weighted by molar-refractivity contribution is -0.159. The molecule has 1 N–H and O–H groups in total. The minimum absolute atomic E-state index is 0.00537. The Kier molecular flexibility index (Phi) is 5.30. The zero-order valence-electron chi connectivity index (χ0n) is 8.73. The van der Waals surface area contributed by atoms with Crippen molar-refractivity contribution in [3.05, 3.63) is 12.7 Å². The smallest absolute Gasteiger partial charge is 0.317 e. The molecule has 5 heteroatoms. The van der Waals surface area contributed by atoms with Gasteiger partial charge in [-0.3, -0.25) is 14.4 Å². The molecular formula is C10H14O5. The normalized spacial score (nSPS) is 13.7. The lowest BCUT2D eigenvalue weighted by Gasteiger charge is -2.17. The summed E-state index contributed by atoms with van der Waals surface area (Å²) >= 11 is 0. The molecule has 0 aromatic heterocycles. The van der Waals surface area contributed by atoms with Crippen LogP contribution in [0.15, 0.2) is 12.7 Å². The third kappa shape index (κ3) is 4.39. The third-order valence-electron chi connectivity index (χ3n) is 1.80. The first-order chi connectivity index (χ1) is 6.90. The fourth-order valence-corrected chi connectivity index (χ4v) is 1.15. The maximum absolute atomic E-state index is 11.0. The van der Waals surface area contributed by atoms with E-state index in [0.717, 1.165) is 6.92 Å². The van der Waals surface area contributed by atoms with E-state index in [4.69, 9.17) is 9.84 Å². The zero-order valence-corrected chi connectivity index (χ0v) is 8.73. The van der Waals surface area contributed by atoms with Crippen molar-refractivity contribution in [2.75, 3.05) is 0 Å². The van der Waals surface area contributed by atoms with Crippen LogP contribution in [0.5, 0.6) is 0 Å². The maximum atomic E-state index is 11.0. The van der Waals surface area contributed by atoms with Gasteiger partial charge in [0, 0.05) is 0 Å². The largest absolute Gasteiger partial charge is 0.481 e. The van der Waals surface area contributed by atoms with E-state index in [1.807, 2.05) is 0 Å². The highest BCUT2D eigenvalue weighted by molar-refractivity contribution is 5.97. The molecule has 0 aromatic rings. The summed E-state index contributed by atoms with van der Waals surface area (Å²) in [6.07, 6.45) is 0.375. The predicted molar refractivity (Wildman–Crippen MR) is 52.2 cm³/mol. The standard InChI is InChI=1S/C10H14O5/c1-4-5-8(12)15-7(3)9(6(2)11)10(13)14/h4,7,9H,1,5H2,2-3H3,(H,13,14). The van der Waals surface area contributed by atoms with E-state index in [9.17, 15) is 14.4 Å². The molecule has 0 rings (SSSR count). The number of carboxylic acids is 1. The molecule has 0 saturated carbocycles. The second kappa shape index (κ2) is 5.95. The molecule has 2 unspecified atom stereocenters. The van der Waals surface area contributed by atoms with Crippen LogP contribution in [0.1, 0.15) is 20.3 Å². The van der Waals surface area contributed by atoms with Crippen molar-refractivity contribution in [2.45, 2.75) is 26.4 Å². The number of hydrogen-bond acceptors (Lipinski definition) is 4. The number of carboxylic acid groups (broad SMARTS) is 1. The van der Waals surface area contributed by atoms with Crippen LogP contribution in [0.4, 0.5) is 0 Å². The van der Waals surface area contributed by atoms with E-state index in [1.165, 1.54) is 13.0 Å². The number of esters is 1. The molecule has 0 aromatic carbocycles. The molecule has 5 nitrogen and oxygen atoms in total. The lowest BCUT2D eigenvalue weighted by atomic mass is 10.00. The number of ketones is 1. The van der Waals surface area contributed by atoms with Crippen molar-refractivity contribution in [3.63, 3.8) is 0 Å². The van der Waals surface area contributed by atoms with Crippen molar-refractivity contribution >= 4 is 17.7 Å². The quantitative estimate of drug-likeness (QED) is 0.401. The van der Waals surface area contributed by atoms with Crippen molar-refractivity contribution in [3.8, 4) is 0 Å². The Labute approximate surface area is 87.7 Å². The van der Waals surface area contributed by atoms with E-state index in [2.05, 4.69) is 6.58 Å². The minimum Gasteiger partial charge on any atom is -0.481 e. The number of aliphatic carboxylic acids is 1. The van der Waals surface area contributed by atoms with Crippen LogP contribution in [0, 0.1) is 5.92 Å². The number of ether oxygens (including phenoxy) is 1. The highest BCUT2D eigenvalue weighted by atomic mass is 16.5. The minimum atomic E-state index is -1.31. The van der Waals surface area contributed by atoms with Crippen LogP contribution in [-0.2, 0) is 19.1 Å². The van der Waals surface area contributed by atoms with Crippen LogP contribution in [0.25, 0.3) is 0 Å².